The SMILES string of the molecule is NCC1(c2nc(-c3cncc(Br)c3)no2)CCC1. The Kier molecular flexibility index (Phi) is 2.91. The molecule has 2 heterocycles. The molecule has 1 aliphatic rings. The van der Waals surface area contributed by atoms with Gasteiger partial charge in [0.2, 0.25) is 11.7 Å². The molecule has 1 fully saturated rings. The Morgan fingerprint density at radius 3 is 2.83 bits per heavy atom. The Morgan fingerprint density at radius 1 is 1.39 bits per heavy atom. The van der Waals surface area contributed by atoms with Gasteiger partial charge in [-0.2, -0.15) is 4.98 Å². The van der Waals surface area contributed by atoms with Crippen LogP contribution >= 0.6 is 15.9 Å². The maximum absolute atomic E-state index is 5.83. The van der Waals surface area contributed by atoms with E-state index < -0.39 is 0 Å². The van der Waals surface area contributed by atoms with Crippen molar-refractivity contribution in [3.8, 4) is 11.4 Å². The summed E-state index contributed by atoms with van der Waals surface area (Å²) in [7, 11) is 0. The first kappa shape index (κ1) is 11.8. The Labute approximate surface area is 113 Å². The van der Waals surface area contributed by atoms with Gasteiger partial charge in [-0.1, -0.05) is 11.6 Å². The minimum absolute atomic E-state index is 0.0926. The van der Waals surface area contributed by atoms with Gasteiger partial charge in [-0.25, -0.2) is 0 Å². The van der Waals surface area contributed by atoms with Crippen LogP contribution in [-0.4, -0.2) is 21.7 Å². The van der Waals surface area contributed by atoms with Gasteiger partial charge in [-0.05, 0) is 34.8 Å². The van der Waals surface area contributed by atoms with E-state index in [9.17, 15) is 0 Å². The third-order valence-corrected chi connectivity index (χ3v) is 3.98. The maximum Gasteiger partial charge on any atom is 0.234 e. The quantitative estimate of drug-likeness (QED) is 0.941. The molecule has 6 heteroatoms. The van der Waals surface area contributed by atoms with Gasteiger partial charge in [0, 0.05) is 29.0 Å². The molecular formula is C12H13BrN4O. The van der Waals surface area contributed by atoms with Crippen molar-refractivity contribution in [1.29, 1.82) is 0 Å². The van der Waals surface area contributed by atoms with E-state index in [4.69, 9.17) is 10.3 Å². The van der Waals surface area contributed by atoms with Crippen LogP contribution in [0.1, 0.15) is 25.2 Å². The van der Waals surface area contributed by atoms with E-state index >= 15 is 0 Å². The van der Waals surface area contributed by atoms with E-state index in [2.05, 4.69) is 31.1 Å². The summed E-state index contributed by atoms with van der Waals surface area (Å²) in [5.41, 5.74) is 6.57. The number of nitrogens with zero attached hydrogens (tertiary/aromatic N) is 3. The molecule has 0 unspecified atom stereocenters. The first-order valence-electron chi connectivity index (χ1n) is 5.89. The van der Waals surface area contributed by atoms with Crippen molar-refractivity contribution in [3.05, 3.63) is 28.8 Å². The fraction of sp³-hybridized carbons (Fsp3) is 0.417. The van der Waals surface area contributed by atoms with Gasteiger partial charge in [0.15, 0.2) is 0 Å². The predicted molar refractivity (Wildman–Crippen MR) is 69.8 cm³/mol. The molecule has 0 spiro atoms. The monoisotopic (exact) mass is 308 g/mol. The van der Waals surface area contributed by atoms with Gasteiger partial charge in [0.25, 0.3) is 0 Å². The van der Waals surface area contributed by atoms with Crippen molar-refractivity contribution in [2.24, 2.45) is 5.73 Å². The molecule has 2 aromatic rings. The van der Waals surface area contributed by atoms with Crippen molar-refractivity contribution in [3.63, 3.8) is 0 Å². The molecule has 3 rings (SSSR count). The summed E-state index contributed by atoms with van der Waals surface area (Å²) in [6.07, 6.45) is 6.67. The average Bonchev–Trinajstić information content (AvgIpc) is 2.78. The normalized spacial score (nSPS) is 17.4. The first-order valence-corrected chi connectivity index (χ1v) is 6.68. The van der Waals surface area contributed by atoms with E-state index in [0.717, 1.165) is 22.9 Å². The number of rotatable bonds is 3. The maximum atomic E-state index is 5.83. The molecule has 0 aliphatic heterocycles. The minimum Gasteiger partial charge on any atom is -0.338 e. The van der Waals surface area contributed by atoms with Gasteiger partial charge in [0.1, 0.15) is 0 Å². The molecule has 0 bridgehead atoms. The van der Waals surface area contributed by atoms with Crippen LogP contribution in [0.2, 0.25) is 0 Å². The number of halogens is 1. The molecule has 1 saturated carbocycles. The first-order chi connectivity index (χ1) is 8.73. The number of hydrogen-bond donors (Lipinski definition) is 1. The molecule has 94 valence electrons. The van der Waals surface area contributed by atoms with Crippen LogP contribution in [0.25, 0.3) is 11.4 Å². The van der Waals surface area contributed by atoms with Crippen LogP contribution in [0.15, 0.2) is 27.5 Å². The third kappa shape index (κ3) is 1.85. The average molecular weight is 309 g/mol. The van der Waals surface area contributed by atoms with Gasteiger partial charge in [-0.15, -0.1) is 0 Å². The van der Waals surface area contributed by atoms with E-state index in [1.807, 2.05) is 6.07 Å². The van der Waals surface area contributed by atoms with E-state index in [0.29, 0.717) is 18.3 Å². The van der Waals surface area contributed by atoms with Crippen molar-refractivity contribution >= 4 is 15.9 Å². The van der Waals surface area contributed by atoms with Gasteiger partial charge in [0.05, 0.1) is 5.41 Å². The highest BCUT2D eigenvalue weighted by molar-refractivity contribution is 9.10. The molecule has 2 N–H and O–H groups in total. The van der Waals surface area contributed by atoms with Crippen LogP contribution in [0.5, 0.6) is 0 Å². The van der Waals surface area contributed by atoms with Crippen LogP contribution in [0, 0.1) is 0 Å². The van der Waals surface area contributed by atoms with Gasteiger partial charge < -0.3 is 10.3 Å². The van der Waals surface area contributed by atoms with Crippen LogP contribution in [0.3, 0.4) is 0 Å². The van der Waals surface area contributed by atoms with Crippen LogP contribution in [-0.2, 0) is 5.41 Å². The highest BCUT2D eigenvalue weighted by atomic mass is 79.9. The van der Waals surface area contributed by atoms with Crippen molar-refractivity contribution in [2.45, 2.75) is 24.7 Å². The second-order valence-electron chi connectivity index (χ2n) is 4.65. The molecule has 0 radical (unpaired) electrons. The van der Waals surface area contributed by atoms with E-state index in [1.165, 1.54) is 6.42 Å². The lowest BCUT2D eigenvalue weighted by Crippen LogP contribution is -2.41. The largest absolute Gasteiger partial charge is 0.338 e. The minimum atomic E-state index is -0.0926. The second kappa shape index (κ2) is 4.44. The molecule has 18 heavy (non-hydrogen) atoms. The topological polar surface area (TPSA) is 77.8 Å². The summed E-state index contributed by atoms with van der Waals surface area (Å²) in [5.74, 6) is 1.23. The molecule has 0 atom stereocenters. The van der Waals surface area contributed by atoms with Crippen LogP contribution < -0.4 is 5.73 Å². The molecule has 1 aliphatic carbocycles. The molecular weight excluding hydrogens is 296 g/mol. The summed E-state index contributed by atoms with van der Waals surface area (Å²) in [6, 6.07) is 1.91. The highest BCUT2D eigenvalue weighted by Gasteiger charge is 2.42. The van der Waals surface area contributed by atoms with E-state index in [1.54, 1.807) is 12.4 Å². The Bertz CT molecular complexity index is 559. The standard InChI is InChI=1S/C12H13BrN4O/c13-9-4-8(5-15-6-9)10-16-11(18-17-10)12(7-14)2-1-3-12/h4-6H,1-3,7,14H2. The fourth-order valence-corrected chi connectivity index (χ4v) is 2.56. The molecule has 0 aromatic carbocycles. The second-order valence-corrected chi connectivity index (χ2v) is 5.57. The summed E-state index contributed by atoms with van der Waals surface area (Å²) in [5, 5.41) is 4.02. The Morgan fingerprint density at radius 2 is 2.22 bits per heavy atom. The molecule has 5 nitrogen and oxygen atoms in total. The smallest absolute Gasteiger partial charge is 0.234 e. The number of hydrogen-bond acceptors (Lipinski definition) is 5. The summed E-state index contributed by atoms with van der Waals surface area (Å²) in [4.78, 5) is 8.56. The Balaban J connectivity index is 1.94. The fourth-order valence-electron chi connectivity index (χ4n) is 2.20. The number of aromatic nitrogens is 3. The number of nitrogens with two attached hydrogens (primary N) is 1. The molecule has 0 amide bonds. The van der Waals surface area contributed by atoms with Crippen molar-refractivity contribution < 1.29 is 4.52 Å². The van der Waals surface area contributed by atoms with Crippen molar-refractivity contribution in [1.82, 2.24) is 15.1 Å². The lowest BCUT2D eigenvalue weighted by molar-refractivity contribution is 0.182. The highest BCUT2D eigenvalue weighted by Crippen LogP contribution is 2.42. The summed E-state index contributed by atoms with van der Waals surface area (Å²) >= 11 is 3.38. The summed E-state index contributed by atoms with van der Waals surface area (Å²) in [6.45, 7) is 0.561. The van der Waals surface area contributed by atoms with Crippen molar-refractivity contribution in [2.75, 3.05) is 6.54 Å². The lowest BCUT2D eigenvalue weighted by atomic mass is 9.69. The molecule has 0 saturated heterocycles. The zero-order valence-corrected chi connectivity index (χ0v) is 11.4. The zero-order chi connectivity index (χ0) is 12.6. The van der Waals surface area contributed by atoms with Crippen LogP contribution in [0.4, 0.5) is 0 Å². The van der Waals surface area contributed by atoms with Gasteiger partial charge >= 0.3 is 0 Å². The molecule has 2 aromatic heterocycles. The van der Waals surface area contributed by atoms with E-state index in [-0.39, 0.29) is 5.41 Å². The number of pyridine rings is 1. The summed E-state index contributed by atoms with van der Waals surface area (Å²) < 4.78 is 6.27. The van der Waals surface area contributed by atoms with Gasteiger partial charge in [-0.3, -0.25) is 4.98 Å². The zero-order valence-electron chi connectivity index (χ0n) is 9.77. The predicted octanol–water partition coefficient (Wildman–Crippen LogP) is 2.27. The Hall–Kier alpha value is -1.27. The lowest BCUT2D eigenvalue weighted by Gasteiger charge is -2.36. The third-order valence-electron chi connectivity index (χ3n) is 3.54.